The van der Waals surface area contributed by atoms with Gasteiger partial charge in [0.1, 0.15) is 11.8 Å². The Morgan fingerprint density at radius 1 is 1.20 bits per heavy atom. The van der Waals surface area contributed by atoms with E-state index in [9.17, 15) is 0 Å². The molecule has 6 nitrogen and oxygen atoms in total. The van der Waals surface area contributed by atoms with Crippen LogP contribution in [0.15, 0.2) is 12.3 Å². The predicted octanol–water partition coefficient (Wildman–Crippen LogP) is 0.649. The number of hydrogen-bond donors (Lipinski definition) is 0. The van der Waals surface area contributed by atoms with Crippen molar-refractivity contribution in [2.24, 2.45) is 0 Å². The van der Waals surface area contributed by atoms with E-state index in [1.807, 2.05) is 0 Å². The average Bonchev–Trinajstić information content (AvgIpc) is 2.56. The molecule has 0 aliphatic carbocycles. The van der Waals surface area contributed by atoms with Gasteiger partial charge in [0.2, 0.25) is 5.95 Å². The van der Waals surface area contributed by atoms with Crippen molar-refractivity contribution in [1.82, 2.24) is 14.9 Å². The molecule has 6 heteroatoms. The van der Waals surface area contributed by atoms with Crippen LogP contribution in [0.5, 0.6) is 0 Å². The number of nitriles is 1. The van der Waals surface area contributed by atoms with Crippen molar-refractivity contribution in [2.75, 3.05) is 44.3 Å². The van der Waals surface area contributed by atoms with E-state index in [-0.39, 0.29) is 0 Å². The lowest BCUT2D eigenvalue weighted by Gasteiger charge is -2.40. The summed E-state index contributed by atoms with van der Waals surface area (Å²) >= 11 is 0. The number of hydrogen-bond acceptors (Lipinski definition) is 6. The van der Waals surface area contributed by atoms with Gasteiger partial charge in [-0.05, 0) is 18.9 Å². The Morgan fingerprint density at radius 2 is 1.95 bits per heavy atom. The minimum atomic E-state index is 0.435. The maximum absolute atomic E-state index is 8.90. The molecule has 106 valence electrons. The van der Waals surface area contributed by atoms with Gasteiger partial charge in [0.05, 0.1) is 13.2 Å². The Hall–Kier alpha value is -1.71. The van der Waals surface area contributed by atoms with Gasteiger partial charge in [-0.25, -0.2) is 9.97 Å². The molecule has 2 aliphatic heterocycles. The SMILES string of the molecule is N#Cc1ccnc(N2CCC(N3CCOCC3)CC2)n1. The first-order valence-corrected chi connectivity index (χ1v) is 7.17. The van der Waals surface area contributed by atoms with E-state index in [1.165, 1.54) is 0 Å². The zero-order valence-corrected chi connectivity index (χ0v) is 11.5. The van der Waals surface area contributed by atoms with Crippen molar-refractivity contribution >= 4 is 5.95 Å². The molecule has 20 heavy (non-hydrogen) atoms. The summed E-state index contributed by atoms with van der Waals surface area (Å²) < 4.78 is 5.40. The van der Waals surface area contributed by atoms with Crippen LogP contribution in [0, 0.1) is 11.3 Å². The molecule has 0 bridgehead atoms. The van der Waals surface area contributed by atoms with Crippen LogP contribution >= 0.6 is 0 Å². The third-order valence-corrected chi connectivity index (χ3v) is 4.07. The summed E-state index contributed by atoms with van der Waals surface area (Å²) in [5.41, 5.74) is 0.435. The molecule has 3 rings (SSSR count). The number of ether oxygens (including phenoxy) is 1. The van der Waals surface area contributed by atoms with Crippen molar-refractivity contribution in [1.29, 1.82) is 5.26 Å². The molecule has 0 radical (unpaired) electrons. The second kappa shape index (κ2) is 6.16. The summed E-state index contributed by atoms with van der Waals surface area (Å²) in [5, 5.41) is 8.90. The van der Waals surface area contributed by atoms with Gasteiger partial charge < -0.3 is 9.64 Å². The van der Waals surface area contributed by atoms with E-state index in [1.54, 1.807) is 12.3 Å². The lowest BCUT2D eigenvalue weighted by molar-refractivity contribution is 0.0114. The molecule has 1 aromatic rings. The van der Waals surface area contributed by atoms with Crippen molar-refractivity contribution in [3.8, 4) is 6.07 Å². The molecule has 2 aliphatic rings. The minimum Gasteiger partial charge on any atom is -0.379 e. The normalized spacial score (nSPS) is 21.6. The van der Waals surface area contributed by atoms with Crippen LogP contribution in [0.25, 0.3) is 0 Å². The van der Waals surface area contributed by atoms with Crippen molar-refractivity contribution in [2.45, 2.75) is 18.9 Å². The molecule has 2 fully saturated rings. The van der Waals surface area contributed by atoms with Gasteiger partial charge in [-0.1, -0.05) is 0 Å². The third kappa shape index (κ3) is 2.89. The zero-order valence-electron chi connectivity index (χ0n) is 11.5. The quantitative estimate of drug-likeness (QED) is 0.788. The van der Waals surface area contributed by atoms with Gasteiger partial charge in [-0.15, -0.1) is 0 Å². The van der Waals surface area contributed by atoms with Gasteiger partial charge in [-0.2, -0.15) is 5.26 Å². The predicted molar refractivity (Wildman–Crippen MR) is 74.4 cm³/mol. The molecule has 0 saturated carbocycles. The summed E-state index contributed by atoms with van der Waals surface area (Å²) in [5.74, 6) is 0.685. The highest BCUT2D eigenvalue weighted by atomic mass is 16.5. The largest absolute Gasteiger partial charge is 0.379 e. The highest BCUT2D eigenvalue weighted by Crippen LogP contribution is 2.20. The maximum atomic E-state index is 8.90. The lowest BCUT2D eigenvalue weighted by atomic mass is 10.0. The molecule has 0 amide bonds. The number of aromatic nitrogens is 2. The lowest BCUT2D eigenvalue weighted by Crippen LogP contribution is -2.49. The van der Waals surface area contributed by atoms with Gasteiger partial charge in [0.25, 0.3) is 0 Å². The molecular weight excluding hydrogens is 254 g/mol. The van der Waals surface area contributed by atoms with E-state index < -0.39 is 0 Å². The van der Waals surface area contributed by atoms with Crippen molar-refractivity contribution < 1.29 is 4.74 Å². The van der Waals surface area contributed by atoms with Gasteiger partial charge in [-0.3, -0.25) is 4.90 Å². The fraction of sp³-hybridized carbons (Fsp3) is 0.643. The van der Waals surface area contributed by atoms with Crippen LogP contribution in [-0.4, -0.2) is 60.3 Å². The summed E-state index contributed by atoms with van der Waals surface area (Å²) in [7, 11) is 0. The number of nitrogens with zero attached hydrogens (tertiary/aromatic N) is 5. The fourth-order valence-electron chi connectivity index (χ4n) is 2.94. The summed E-state index contributed by atoms with van der Waals surface area (Å²) in [4.78, 5) is 13.3. The van der Waals surface area contributed by atoms with E-state index in [4.69, 9.17) is 10.00 Å². The van der Waals surface area contributed by atoms with E-state index in [2.05, 4.69) is 25.8 Å². The van der Waals surface area contributed by atoms with Gasteiger partial charge in [0.15, 0.2) is 0 Å². The highest BCUT2D eigenvalue weighted by Gasteiger charge is 2.26. The molecule has 0 spiro atoms. The van der Waals surface area contributed by atoms with Crippen LogP contribution < -0.4 is 4.90 Å². The Morgan fingerprint density at radius 3 is 2.65 bits per heavy atom. The maximum Gasteiger partial charge on any atom is 0.226 e. The molecule has 0 N–H and O–H groups in total. The molecular formula is C14H19N5O. The number of anilines is 1. The smallest absolute Gasteiger partial charge is 0.226 e. The molecule has 0 atom stereocenters. The number of piperidine rings is 1. The first-order valence-electron chi connectivity index (χ1n) is 7.17. The van der Waals surface area contributed by atoms with E-state index in [0.29, 0.717) is 17.7 Å². The first-order chi connectivity index (χ1) is 9.86. The Bertz CT molecular complexity index is 487. The molecule has 0 aromatic carbocycles. The Labute approximate surface area is 119 Å². The minimum absolute atomic E-state index is 0.435. The third-order valence-electron chi connectivity index (χ3n) is 4.07. The van der Waals surface area contributed by atoms with Crippen LogP contribution in [0.4, 0.5) is 5.95 Å². The van der Waals surface area contributed by atoms with Crippen molar-refractivity contribution in [3.63, 3.8) is 0 Å². The van der Waals surface area contributed by atoms with Crippen LogP contribution in [0.3, 0.4) is 0 Å². The van der Waals surface area contributed by atoms with Gasteiger partial charge in [0, 0.05) is 38.4 Å². The standard InChI is InChI=1S/C14H19N5O/c15-11-12-1-4-16-14(17-12)19-5-2-13(3-6-19)18-7-9-20-10-8-18/h1,4,13H,2-3,5-10H2. The van der Waals surface area contributed by atoms with Crippen LogP contribution in [0.1, 0.15) is 18.5 Å². The molecule has 0 unspecified atom stereocenters. The summed E-state index contributed by atoms with van der Waals surface area (Å²) in [6.07, 6.45) is 3.91. The molecule has 2 saturated heterocycles. The summed E-state index contributed by atoms with van der Waals surface area (Å²) in [6, 6.07) is 4.36. The Balaban J connectivity index is 1.59. The second-order valence-electron chi connectivity index (χ2n) is 5.22. The van der Waals surface area contributed by atoms with Crippen LogP contribution in [0.2, 0.25) is 0 Å². The van der Waals surface area contributed by atoms with Gasteiger partial charge >= 0.3 is 0 Å². The molecule has 1 aromatic heterocycles. The monoisotopic (exact) mass is 273 g/mol. The number of morpholine rings is 1. The Kier molecular flexibility index (Phi) is 4.09. The van der Waals surface area contributed by atoms with Crippen LogP contribution in [-0.2, 0) is 4.74 Å². The van der Waals surface area contributed by atoms with E-state index >= 15 is 0 Å². The average molecular weight is 273 g/mol. The number of rotatable bonds is 2. The fourth-order valence-corrected chi connectivity index (χ4v) is 2.94. The topological polar surface area (TPSA) is 65.3 Å². The first kappa shape index (κ1) is 13.3. The highest BCUT2D eigenvalue weighted by molar-refractivity contribution is 5.34. The van der Waals surface area contributed by atoms with E-state index in [0.717, 1.165) is 52.2 Å². The van der Waals surface area contributed by atoms with Crippen molar-refractivity contribution in [3.05, 3.63) is 18.0 Å². The summed E-state index contributed by atoms with van der Waals surface area (Å²) in [6.45, 7) is 5.71. The zero-order chi connectivity index (χ0) is 13.8. The molecule has 3 heterocycles. The second-order valence-corrected chi connectivity index (χ2v) is 5.22.